The van der Waals surface area contributed by atoms with Crippen molar-refractivity contribution in [2.75, 3.05) is 0 Å². The van der Waals surface area contributed by atoms with Crippen molar-refractivity contribution < 1.29 is 0 Å². The molecule has 0 aromatic heterocycles. The van der Waals surface area contributed by atoms with Crippen LogP contribution in [0.5, 0.6) is 0 Å². The fourth-order valence-electron chi connectivity index (χ4n) is 0.268. The highest BCUT2D eigenvalue weighted by atomic mass is 28.2. The normalized spacial score (nSPS) is 10.4. The van der Waals surface area contributed by atoms with Gasteiger partial charge in [-0.1, -0.05) is 33.0 Å². The third-order valence-electron chi connectivity index (χ3n) is 0.607. The largest absolute Gasteiger partial charge is 0.138 e. The number of rotatable bonds is 1. The third-order valence-corrected chi connectivity index (χ3v) is 1.82. The van der Waals surface area contributed by atoms with Gasteiger partial charge in [0.05, 0.1) is 9.52 Å². The number of hydrogen-bond donors (Lipinski definition) is 0. The highest BCUT2D eigenvalue weighted by Crippen LogP contribution is 2.19. The van der Waals surface area contributed by atoms with Crippen LogP contribution in [0.15, 0.2) is 18.0 Å². The first-order chi connectivity index (χ1) is 3.56. The Balaban J connectivity index is 3.55. The second-order valence-corrected chi connectivity index (χ2v) is 4.82. The minimum Gasteiger partial charge on any atom is -0.138 e. The van der Waals surface area contributed by atoms with Crippen LogP contribution in [0.3, 0.4) is 0 Å². The van der Waals surface area contributed by atoms with E-state index in [1.54, 1.807) is 0 Å². The minimum atomic E-state index is 0.421. The Labute approximate surface area is 54.1 Å². The zero-order valence-electron chi connectivity index (χ0n) is 5.78. The molecule has 0 bridgehead atoms. The van der Waals surface area contributed by atoms with E-state index in [1.165, 1.54) is 0 Å². The molecule has 0 aliphatic rings. The maximum Gasteiger partial charge on any atom is 0.0874 e. The Kier molecular flexibility index (Phi) is 2.81. The molecule has 0 aliphatic heterocycles. The Morgan fingerprint density at radius 3 is 2.12 bits per heavy atom. The molecule has 0 nitrogen and oxygen atoms in total. The second-order valence-electron chi connectivity index (χ2n) is 2.74. The van der Waals surface area contributed by atoms with Crippen molar-refractivity contribution in [2.24, 2.45) is 0 Å². The summed E-state index contributed by atoms with van der Waals surface area (Å²) in [5.41, 5.74) is 4.76. The van der Waals surface area contributed by atoms with Gasteiger partial charge < -0.3 is 0 Å². The Hall–Kier alpha value is -0.263. The lowest BCUT2D eigenvalue weighted by molar-refractivity contribution is 0.759. The SMILES string of the molecule is C=C=C[Si]C(C)(C)C. The molecular weight excluding hydrogens is 112 g/mol. The molecule has 1 heteroatoms. The molecule has 0 aromatic carbocycles. The zero-order chi connectivity index (χ0) is 6.62. The second kappa shape index (κ2) is 2.90. The Morgan fingerprint density at radius 2 is 2.00 bits per heavy atom. The third kappa shape index (κ3) is 5.74. The van der Waals surface area contributed by atoms with Crippen LogP contribution in [0.1, 0.15) is 20.8 Å². The van der Waals surface area contributed by atoms with Gasteiger partial charge in [0.15, 0.2) is 0 Å². The highest BCUT2D eigenvalue weighted by molar-refractivity contribution is 6.45. The van der Waals surface area contributed by atoms with E-state index >= 15 is 0 Å². The van der Waals surface area contributed by atoms with Crippen molar-refractivity contribution in [1.29, 1.82) is 0 Å². The molecule has 0 aliphatic carbocycles. The van der Waals surface area contributed by atoms with Gasteiger partial charge in [-0.25, -0.2) is 0 Å². The molecule has 0 amide bonds. The molecule has 0 unspecified atom stereocenters. The predicted octanol–water partition coefficient (Wildman–Crippen LogP) is 2.21. The molecule has 0 rings (SSSR count). The number of hydrogen-bond acceptors (Lipinski definition) is 0. The lowest BCUT2D eigenvalue weighted by atomic mass is 10.3. The van der Waals surface area contributed by atoms with E-state index in [-0.39, 0.29) is 0 Å². The van der Waals surface area contributed by atoms with E-state index in [9.17, 15) is 0 Å². The zero-order valence-corrected chi connectivity index (χ0v) is 6.78. The van der Waals surface area contributed by atoms with Crippen LogP contribution in [0.25, 0.3) is 0 Å². The van der Waals surface area contributed by atoms with Crippen molar-refractivity contribution in [3.63, 3.8) is 0 Å². The summed E-state index contributed by atoms with van der Waals surface area (Å²) in [6, 6.07) is 0. The van der Waals surface area contributed by atoms with Crippen LogP contribution in [0, 0.1) is 0 Å². The summed E-state index contributed by atoms with van der Waals surface area (Å²) in [4.78, 5) is 0. The first-order valence-electron chi connectivity index (χ1n) is 2.68. The van der Waals surface area contributed by atoms with Gasteiger partial charge in [-0.2, -0.15) is 0 Å². The van der Waals surface area contributed by atoms with Crippen LogP contribution in [-0.2, 0) is 0 Å². The molecule has 0 fully saturated rings. The lowest BCUT2D eigenvalue weighted by Crippen LogP contribution is -2.04. The summed E-state index contributed by atoms with van der Waals surface area (Å²) in [7, 11) is 0.843. The van der Waals surface area contributed by atoms with E-state index < -0.39 is 0 Å². The molecule has 0 N–H and O–H groups in total. The molecular formula is C7H12Si. The molecule has 44 valence electrons. The van der Waals surface area contributed by atoms with Crippen LogP contribution in [0.2, 0.25) is 5.04 Å². The van der Waals surface area contributed by atoms with Crippen molar-refractivity contribution >= 4 is 9.52 Å². The quantitative estimate of drug-likeness (QED) is 0.371. The molecule has 0 saturated heterocycles. The lowest BCUT2D eigenvalue weighted by Gasteiger charge is -2.11. The van der Waals surface area contributed by atoms with E-state index in [1.807, 2.05) is 5.70 Å². The molecule has 0 spiro atoms. The van der Waals surface area contributed by atoms with Gasteiger partial charge in [0, 0.05) is 0 Å². The standard InChI is InChI=1S/C7H12Si/c1-5-6-8-7(2,3)4/h6H,1H2,2-4H3. The van der Waals surface area contributed by atoms with Crippen molar-refractivity contribution in [3.05, 3.63) is 18.0 Å². The molecule has 2 radical (unpaired) electrons. The Bertz CT molecular complexity index is 102. The fourth-order valence-corrected chi connectivity index (χ4v) is 0.803. The van der Waals surface area contributed by atoms with Crippen LogP contribution in [-0.4, -0.2) is 9.52 Å². The van der Waals surface area contributed by atoms with Gasteiger partial charge in [0.2, 0.25) is 0 Å². The van der Waals surface area contributed by atoms with Crippen molar-refractivity contribution in [1.82, 2.24) is 0 Å². The first-order valence-corrected chi connectivity index (χ1v) is 3.76. The van der Waals surface area contributed by atoms with E-state index in [0.29, 0.717) is 5.04 Å². The summed E-state index contributed by atoms with van der Waals surface area (Å²) in [6.45, 7) is 10.1. The van der Waals surface area contributed by atoms with Gasteiger partial charge >= 0.3 is 0 Å². The van der Waals surface area contributed by atoms with Crippen molar-refractivity contribution in [3.8, 4) is 0 Å². The summed E-state index contributed by atoms with van der Waals surface area (Å²) in [6.07, 6.45) is 0. The first kappa shape index (κ1) is 7.74. The van der Waals surface area contributed by atoms with Crippen molar-refractivity contribution in [2.45, 2.75) is 25.8 Å². The summed E-state index contributed by atoms with van der Waals surface area (Å²) >= 11 is 0. The maximum absolute atomic E-state index is 3.49. The van der Waals surface area contributed by atoms with Gasteiger partial charge in [0.1, 0.15) is 0 Å². The Morgan fingerprint density at radius 1 is 1.50 bits per heavy atom. The molecule has 0 atom stereocenters. The van der Waals surface area contributed by atoms with Crippen LogP contribution >= 0.6 is 0 Å². The highest BCUT2D eigenvalue weighted by Gasteiger charge is 2.07. The van der Waals surface area contributed by atoms with E-state index in [4.69, 9.17) is 0 Å². The maximum atomic E-state index is 3.49. The van der Waals surface area contributed by atoms with E-state index in [0.717, 1.165) is 9.52 Å². The van der Waals surface area contributed by atoms with Gasteiger partial charge in [-0.15, -0.1) is 5.73 Å². The monoisotopic (exact) mass is 124 g/mol. The minimum absolute atomic E-state index is 0.421. The molecule has 0 aromatic rings. The van der Waals surface area contributed by atoms with Gasteiger partial charge in [0.25, 0.3) is 0 Å². The smallest absolute Gasteiger partial charge is 0.0874 e. The summed E-state index contributed by atoms with van der Waals surface area (Å²) < 4.78 is 0. The topological polar surface area (TPSA) is 0 Å². The summed E-state index contributed by atoms with van der Waals surface area (Å²) in [5.74, 6) is 0. The molecule has 0 saturated carbocycles. The average Bonchev–Trinajstić information content (AvgIpc) is 1.59. The van der Waals surface area contributed by atoms with Crippen LogP contribution in [0.4, 0.5) is 0 Å². The molecule has 8 heavy (non-hydrogen) atoms. The summed E-state index contributed by atoms with van der Waals surface area (Å²) in [5, 5.41) is 0.421. The van der Waals surface area contributed by atoms with Crippen LogP contribution < -0.4 is 0 Å². The van der Waals surface area contributed by atoms with Gasteiger partial charge in [-0.3, -0.25) is 0 Å². The average molecular weight is 124 g/mol. The molecule has 0 heterocycles. The predicted molar refractivity (Wildman–Crippen MR) is 39.2 cm³/mol. The van der Waals surface area contributed by atoms with E-state index in [2.05, 4.69) is 33.1 Å². The fraction of sp³-hybridized carbons (Fsp3) is 0.571. The van der Waals surface area contributed by atoms with Gasteiger partial charge in [-0.05, 0) is 5.04 Å².